The van der Waals surface area contributed by atoms with Crippen LogP contribution in [0.15, 0.2) is 30.3 Å². The zero-order valence-corrected chi connectivity index (χ0v) is 12.3. The highest BCUT2D eigenvalue weighted by Crippen LogP contribution is 1.99. The third-order valence-corrected chi connectivity index (χ3v) is 2.62. The van der Waals surface area contributed by atoms with Crippen LogP contribution in [0.5, 0.6) is 0 Å². The summed E-state index contributed by atoms with van der Waals surface area (Å²) in [6.07, 6.45) is 0. The van der Waals surface area contributed by atoms with E-state index in [1.54, 1.807) is 0 Å². The van der Waals surface area contributed by atoms with Crippen LogP contribution in [0, 0.1) is 5.92 Å². The highest BCUT2D eigenvalue weighted by Gasteiger charge is 2.10. The molecule has 0 bridgehead atoms. The molecule has 1 aromatic rings. The molecule has 19 heavy (non-hydrogen) atoms. The van der Waals surface area contributed by atoms with Crippen LogP contribution in [0.4, 0.5) is 0 Å². The number of carbonyl (C=O) groups is 1. The zero-order valence-electron chi connectivity index (χ0n) is 11.5. The van der Waals surface area contributed by atoms with Gasteiger partial charge >= 0.3 is 0 Å². The minimum atomic E-state index is -0.0101. The highest BCUT2D eigenvalue weighted by atomic mass is 35.5. The van der Waals surface area contributed by atoms with Crippen molar-refractivity contribution in [1.29, 1.82) is 0 Å². The number of hydrogen-bond donors (Lipinski definition) is 2. The van der Waals surface area contributed by atoms with Crippen molar-refractivity contribution in [1.82, 2.24) is 10.6 Å². The molecular formula is C14H23ClN2O2. The van der Waals surface area contributed by atoms with Crippen LogP contribution in [0.25, 0.3) is 0 Å². The van der Waals surface area contributed by atoms with Gasteiger partial charge in [-0.05, 0) is 12.6 Å². The van der Waals surface area contributed by atoms with Crippen molar-refractivity contribution in [2.24, 2.45) is 5.92 Å². The fourth-order valence-corrected chi connectivity index (χ4v) is 1.58. The van der Waals surface area contributed by atoms with Gasteiger partial charge in [-0.25, -0.2) is 0 Å². The minimum Gasteiger partial charge on any atom is -0.375 e. The molecule has 0 radical (unpaired) electrons. The normalized spacial score (nSPS) is 11.5. The number of carbonyl (C=O) groups excluding carboxylic acids is 1. The van der Waals surface area contributed by atoms with E-state index in [1.807, 2.05) is 44.3 Å². The van der Waals surface area contributed by atoms with E-state index in [0.29, 0.717) is 26.3 Å². The summed E-state index contributed by atoms with van der Waals surface area (Å²) in [7, 11) is 1.84. The van der Waals surface area contributed by atoms with Gasteiger partial charge in [0.25, 0.3) is 0 Å². The number of ether oxygens (including phenoxy) is 1. The van der Waals surface area contributed by atoms with Gasteiger partial charge in [0, 0.05) is 19.0 Å². The molecule has 0 saturated carbocycles. The first-order valence-electron chi connectivity index (χ1n) is 6.28. The molecule has 0 aliphatic heterocycles. The van der Waals surface area contributed by atoms with E-state index in [1.165, 1.54) is 0 Å². The van der Waals surface area contributed by atoms with Gasteiger partial charge in [-0.15, -0.1) is 12.4 Å². The van der Waals surface area contributed by atoms with Gasteiger partial charge in [-0.3, -0.25) is 4.79 Å². The van der Waals surface area contributed by atoms with Gasteiger partial charge in [0.2, 0.25) is 5.91 Å². The molecule has 0 fully saturated rings. The maximum absolute atomic E-state index is 11.6. The lowest BCUT2D eigenvalue weighted by atomic mass is 10.1. The largest absolute Gasteiger partial charge is 0.375 e. The van der Waals surface area contributed by atoms with Crippen LogP contribution < -0.4 is 10.6 Å². The molecule has 1 unspecified atom stereocenters. The molecule has 2 N–H and O–H groups in total. The number of amides is 1. The summed E-state index contributed by atoms with van der Waals surface area (Å²) in [6.45, 7) is 4.27. The van der Waals surface area contributed by atoms with Gasteiger partial charge < -0.3 is 15.4 Å². The fraction of sp³-hybridized carbons (Fsp3) is 0.500. The van der Waals surface area contributed by atoms with E-state index in [4.69, 9.17) is 4.74 Å². The zero-order chi connectivity index (χ0) is 13.2. The van der Waals surface area contributed by atoms with Crippen molar-refractivity contribution in [3.05, 3.63) is 35.9 Å². The monoisotopic (exact) mass is 286 g/mol. The second kappa shape index (κ2) is 10.8. The van der Waals surface area contributed by atoms with Crippen molar-refractivity contribution in [2.75, 3.05) is 26.7 Å². The first-order chi connectivity index (χ1) is 8.74. The second-order valence-electron chi connectivity index (χ2n) is 4.29. The highest BCUT2D eigenvalue weighted by molar-refractivity contribution is 5.85. The standard InChI is InChI=1S/C14H22N2O2.ClH/c1-12(10-15-2)14(17)16-8-9-18-11-13-6-4-3-5-7-13;/h3-7,12,15H,8-11H2,1-2H3,(H,16,17);1H. The Kier molecular flexibility index (Phi) is 10.2. The van der Waals surface area contributed by atoms with Crippen molar-refractivity contribution < 1.29 is 9.53 Å². The molecule has 5 heteroatoms. The average molecular weight is 287 g/mol. The van der Waals surface area contributed by atoms with E-state index < -0.39 is 0 Å². The van der Waals surface area contributed by atoms with Crippen LogP contribution in [0.3, 0.4) is 0 Å². The Bertz CT molecular complexity index is 347. The van der Waals surface area contributed by atoms with E-state index in [9.17, 15) is 4.79 Å². The molecule has 4 nitrogen and oxygen atoms in total. The maximum Gasteiger partial charge on any atom is 0.224 e. The Labute approximate surface area is 121 Å². The molecule has 0 aliphatic rings. The first kappa shape index (κ1) is 17.9. The van der Waals surface area contributed by atoms with Crippen LogP contribution >= 0.6 is 12.4 Å². The number of nitrogens with one attached hydrogen (secondary N) is 2. The van der Waals surface area contributed by atoms with Gasteiger partial charge in [0.05, 0.1) is 13.2 Å². The molecule has 1 atom stereocenters. The van der Waals surface area contributed by atoms with E-state index in [-0.39, 0.29) is 24.2 Å². The molecule has 0 spiro atoms. The van der Waals surface area contributed by atoms with Crippen molar-refractivity contribution in [3.8, 4) is 0 Å². The van der Waals surface area contributed by atoms with Gasteiger partial charge in [-0.2, -0.15) is 0 Å². The van der Waals surface area contributed by atoms with Crippen molar-refractivity contribution in [3.63, 3.8) is 0 Å². The molecule has 1 aromatic carbocycles. The topological polar surface area (TPSA) is 50.4 Å². The lowest BCUT2D eigenvalue weighted by Crippen LogP contribution is -2.36. The summed E-state index contributed by atoms with van der Waals surface area (Å²) in [6, 6.07) is 9.99. The molecule has 0 aliphatic carbocycles. The van der Waals surface area contributed by atoms with Gasteiger partial charge in [-0.1, -0.05) is 37.3 Å². The third kappa shape index (κ3) is 7.82. The Morgan fingerprint density at radius 1 is 1.32 bits per heavy atom. The molecule has 1 rings (SSSR count). The number of hydrogen-bond acceptors (Lipinski definition) is 3. The quantitative estimate of drug-likeness (QED) is 0.714. The number of halogens is 1. The SMILES string of the molecule is CNCC(C)C(=O)NCCOCc1ccccc1.Cl. The third-order valence-electron chi connectivity index (χ3n) is 2.62. The maximum atomic E-state index is 11.6. The Hall–Kier alpha value is -1.10. The molecule has 108 valence electrons. The molecule has 0 heterocycles. The number of benzene rings is 1. The summed E-state index contributed by atoms with van der Waals surface area (Å²) in [5.74, 6) is 0.0526. The van der Waals surface area contributed by atoms with Crippen LogP contribution in [-0.4, -0.2) is 32.7 Å². The van der Waals surface area contributed by atoms with E-state index in [2.05, 4.69) is 10.6 Å². The summed E-state index contributed by atoms with van der Waals surface area (Å²) in [4.78, 5) is 11.6. The van der Waals surface area contributed by atoms with Crippen molar-refractivity contribution >= 4 is 18.3 Å². The van der Waals surface area contributed by atoms with Crippen LogP contribution in [-0.2, 0) is 16.1 Å². The Balaban J connectivity index is 0.00000324. The first-order valence-corrected chi connectivity index (χ1v) is 6.28. The summed E-state index contributed by atoms with van der Waals surface area (Å²) in [5.41, 5.74) is 1.15. The van der Waals surface area contributed by atoms with Gasteiger partial charge in [0.15, 0.2) is 0 Å². The van der Waals surface area contributed by atoms with E-state index in [0.717, 1.165) is 5.56 Å². The predicted octanol–water partition coefficient (Wildman–Crippen LogP) is 1.60. The minimum absolute atomic E-state index is 0. The molecule has 0 saturated heterocycles. The Morgan fingerprint density at radius 3 is 2.63 bits per heavy atom. The van der Waals surface area contributed by atoms with Gasteiger partial charge in [0.1, 0.15) is 0 Å². The van der Waals surface area contributed by atoms with Crippen LogP contribution in [0.1, 0.15) is 12.5 Å². The average Bonchev–Trinajstić information content (AvgIpc) is 2.39. The predicted molar refractivity (Wildman–Crippen MR) is 79.4 cm³/mol. The van der Waals surface area contributed by atoms with E-state index >= 15 is 0 Å². The molecule has 1 amide bonds. The summed E-state index contributed by atoms with van der Waals surface area (Å²) < 4.78 is 5.48. The van der Waals surface area contributed by atoms with Crippen molar-refractivity contribution in [2.45, 2.75) is 13.5 Å². The Morgan fingerprint density at radius 2 is 2.00 bits per heavy atom. The lowest BCUT2D eigenvalue weighted by molar-refractivity contribution is -0.124. The fourth-order valence-electron chi connectivity index (χ4n) is 1.58. The summed E-state index contributed by atoms with van der Waals surface area (Å²) in [5, 5.41) is 5.83. The lowest BCUT2D eigenvalue weighted by Gasteiger charge is -2.11. The smallest absolute Gasteiger partial charge is 0.224 e. The molecule has 0 aromatic heterocycles. The van der Waals surface area contributed by atoms with Crippen LogP contribution in [0.2, 0.25) is 0 Å². The number of rotatable bonds is 8. The second-order valence-corrected chi connectivity index (χ2v) is 4.29. The summed E-state index contributed by atoms with van der Waals surface area (Å²) >= 11 is 0. The molecular weight excluding hydrogens is 264 g/mol.